The summed E-state index contributed by atoms with van der Waals surface area (Å²) >= 11 is 0. The Balaban J connectivity index is 2.56. The highest BCUT2D eigenvalue weighted by atomic mass is 16.1. The van der Waals surface area contributed by atoms with Crippen LogP contribution in [0.4, 0.5) is 0 Å². The van der Waals surface area contributed by atoms with Crippen LogP contribution in [0.1, 0.15) is 35.4 Å². The molecule has 1 aromatic heterocycles. The van der Waals surface area contributed by atoms with Crippen LogP contribution in [0.15, 0.2) is 30.9 Å². The number of Topliss-reactive ketones (excluding diaryl/α,β-unsaturated/α-hetero) is 1. The molecule has 0 aliphatic carbocycles. The van der Waals surface area contributed by atoms with Gasteiger partial charge in [0.15, 0.2) is 5.78 Å². The van der Waals surface area contributed by atoms with Crippen LogP contribution in [0.3, 0.4) is 0 Å². The lowest BCUT2D eigenvalue weighted by atomic mass is 10.1. The molecule has 0 aliphatic heterocycles. The minimum absolute atomic E-state index is 0.121. The third-order valence-corrected chi connectivity index (χ3v) is 1.99. The normalized spacial score (nSPS) is 9.79. The average molecular weight is 189 g/mol. The van der Waals surface area contributed by atoms with Crippen LogP contribution < -0.4 is 0 Å². The second-order valence-corrected chi connectivity index (χ2v) is 3.27. The molecule has 1 rings (SSSR count). The van der Waals surface area contributed by atoms with Crippen molar-refractivity contribution in [3.63, 3.8) is 0 Å². The first-order valence-electron chi connectivity index (χ1n) is 4.82. The van der Waals surface area contributed by atoms with E-state index >= 15 is 0 Å². The summed E-state index contributed by atoms with van der Waals surface area (Å²) in [5.74, 6) is 0.121. The van der Waals surface area contributed by atoms with Gasteiger partial charge in [-0.3, -0.25) is 9.78 Å². The van der Waals surface area contributed by atoms with Gasteiger partial charge in [-0.25, -0.2) is 0 Å². The summed E-state index contributed by atoms with van der Waals surface area (Å²) in [4.78, 5) is 15.8. The fourth-order valence-corrected chi connectivity index (χ4v) is 1.23. The smallest absolute Gasteiger partial charge is 0.181 e. The van der Waals surface area contributed by atoms with Gasteiger partial charge in [-0.1, -0.05) is 12.1 Å². The lowest BCUT2D eigenvalue weighted by Crippen LogP contribution is -2.02. The van der Waals surface area contributed by atoms with E-state index in [0.29, 0.717) is 12.1 Å². The molecule has 0 fully saturated rings. The lowest BCUT2D eigenvalue weighted by molar-refractivity contribution is 0.0975. The Labute approximate surface area is 84.7 Å². The largest absolute Gasteiger partial charge is 0.292 e. The number of aromatic nitrogens is 1. The van der Waals surface area contributed by atoms with Crippen LogP contribution in [0.2, 0.25) is 0 Å². The quantitative estimate of drug-likeness (QED) is 0.405. The van der Waals surface area contributed by atoms with Crippen molar-refractivity contribution in [2.75, 3.05) is 0 Å². The maximum absolute atomic E-state index is 11.6. The van der Waals surface area contributed by atoms with Crippen LogP contribution >= 0.6 is 0 Å². The van der Waals surface area contributed by atoms with E-state index in [1.165, 1.54) is 0 Å². The number of allylic oxidation sites excluding steroid dienone is 1. The topological polar surface area (TPSA) is 30.0 Å². The molecular formula is C12H15NO. The van der Waals surface area contributed by atoms with Gasteiger partial charge in [0.1, 0.15) is 5.69 Å². The van der Waals surface area contributed by atoms with Crippen molar-refractivity contribution in [1.82, 2.24) is 4.98 Å². The van der Waals surface area contributed by atoms with Gasteiger partial charge in [0.05, 0.1) is 0 Å². The second-order valence-electron chi connectivity index (χ2n) is 3.27. The van der Waals surface area contributed by atoms with E-state index in [-0.39, 0.29) is 5.78 Å². The summed E-state index contributed by atoms with van der Waals surface area (Å²) in [5, 5.41) is 0. The first-order chi connectivity index (χ1) is 6.74. The Morgan fingerprint density at radius 1 is 1.57 bits per heavy atom. The molecule has 0 unspecified atom stereocenters. The van der Waals surface area contributed by atoms with Gasteiger partial charge < -0.3 is 0 Å². The standard InChI is InChI=1S/C12H15NO/c1-3-4-5-9-12(14)11-8-6-7-10(2)13-11/h3,6-8H,1,4-5,9H2,2H3. The fraction of sp³-hybridized carbons (Fsp3) is 0.333. The number of carbonyl (C=O) groups is 1. The van der Waals surface area contributed by atoms with Gasteiger partial charge >= 0.3 is 0 Å². The number of hydrogen-bond donors (Lipinski definition) is 0. The van der Waals surface area contributed by atoms with E-state index in [0.717, 1.165) is 18.5 Å². The Hall–Kier alpha value is -1.44. The summed E-state index contributed by atoms with van der Waals surface area (Å²) in [7, 11) is 0. The van der Waals surface area contributed by atoms with Crippen molar-refractivity contribution >= 4 is 5.78 Å². The van der Waals surface area contributed by atoms with Crippen molar-refractivity contribution in [1.29, 1.82) is 0 Å². The molecule has 0 bridgehead atoms. The summed E-state index contributed by atoms with van der Waals surface area (Å²) in [6.07, 6.45) is 4.13. The molecule has 14 heavy (non-hydrogen) atoms. The molecule has 0 atom stereocenters. The summed E-state index contributed by atoms with van der Waals surface area (Å²) in [5.41, 5.74) is 1.47. The first-order valence-corrected chi connectivity index (χ1v) is 4.82. The maximum atomic E-state index is 11.6. The Morgan fingerprint density at radius 3 is 3.00 bits per heavy atom. The zero-order valence-corrected chi connectivity index (χ0v) is 8.49. The molecule has 1 aromatic rings. The lowest BCUT2D eigenvalue weighted by Gasteiger charge is -1.99. The molecule has 2 heteroatoms. The third-order valence-electron chi connectivity index (χ3n) is 1.99. The van der Waals surface area contributed by atoms with Crippen molar-refractivity contribution in [3.05, 3.63) is 42.2 Å². The number of rotatable bonds is 5. The zero-order valence-electron chi connectivity index (χ0n) is 8.49. The summed E-state index contributed by atoms with van der Waals surface area (Å²) in [6, 6.07) is 5.52. The molecule has 0 saturated heterocycles. The third kappa shape index (κ3) is 3.13. The Morgan fingerprint density at radius 2 is 2.36 bits per heavy atom. The highest BCUT2D eigenvalue weighted by Gasteiger charge is 2.05. The Kier molecular flexibility index (Phi) is 4.05. The molecular weight excluding hydrogens is 174 g/mol. The predicted octanol–water partition coefficient (Wildman–Crippen LogP) is 2.93. The monoisotopic (exact) mass is 189 g/mol. The van der Waals surface area contributed by atoms with Crippen molar-refractivity contribution in [2.24, 2.45) is 0 Å². The number of aryl methyl sites for hydroxylation is 1. The van der Waals surface area contributed by atoms with Gasteiger partial charge in [-0.2, -0.15) is 0 Å². The molecule has 74 valence electrons. The molecule has 0 N–H and O–H groups in total. The predicted molar refractivity (Wildman–Crippen MR) is 57.4 cm³/mol. The van der Waals surface area contributed by atoms with E-state index < -0.39 is 0 Å². The molecule has 1 heterocycles. The highest BCUT2D eigenvalue weighted by molar-refractivity contribution is 5.94. The van der Waals surface area contributed by atoms with Crippen molar-refractivity contribution in [2.45, 2.75) is 26.2 Å². The maximum Gasteiger partial charge on any atom is 0.181 e. The number of carbonyl (C=O) groups excluding carboxylic acids is 1. The molecule has 0 aliphatic rings. The number of hydrogen-bond acceptors (Lipinski definition) is 2. The van der Waals surface area contributed by atoms with Gasteiger partial charge in [0, 0.05) is 12.1 Å². The van der Waals surface area contributed by atoms with Gasteiger partial charge in [-0.15, -0.1) is 6.58 Å². The second kappa shape index (κ2) is 5.32. The van der Waals surface area contributed by atoms with Crippen LogP contribution in [-0.2, 0) is 0 Å². The average Bonchev–Trinajstić information content (AvgIpc) is 2.18. The number of ketones is 1. The minimum atomic E-state index is 0.121. The molecule has 0 radical (unpaired) electrons. The SMILES string of the molecule is C=CCCCC(=O)c1cccc(C)n1. The van der Waals surface area contributed by atoms with Crippen LogP contribution in [0, 0.1) is 6.92 Å². The minimum Gasteiger partial charge on any atom is -0.292 e. The summed E-state index contributed by atoms with van der Waals surface area (Å²) in [6.45, 7) is 5.51. The Bertz CT molecular complexity index is 331. The van der Waals surface area contributed by atoms with Crippen LogP contribution in [0.5, 0.6) is 0 Å². The fourth-order valence-electron chi connectivity index (χ4n) is 1.23. The van der Waals surface area contributed by atoms with E-state index in [1.807, 2.05) is 25.1 Å². The first kappa shape index (κ1) is 10.6. The zero-order chi connectivity index (χ0) is 10.4. The van der Waals surface area contributed by atoms with Gasteiger partial charge in [0.25, 0.3) is 0 Å². The molecule has 0 aromatic carbocycles. The van der Waals surface area contributed by atoms with E-state index in [4.69, 9.17) is 0 Å². The highest BCUT2D eigenvalue weighted by Crippen LogP contribution is 2.05. The van der Waals surface area contributed by atoms with Crippen LogP contribution in [-0.4, -0.2) is 10.8 Å². The van der Waals surface area contributed by atoms with Gasteiger partial charge in [0.2, 0.25) is 0 Å². The van der Waals surface area contributed by atoms with E-state index in [1.54, 1.807) is 6.07 Å². The number of nitrogens with zero attached hydrogens (tertiary/aromatic N) is 1. The molecule has 0 spiro atoms. The number of pyridine rings is 1. The summed E-state index contributed by atoms with van der Waals surface area (Å²) < 4.78 is 0. The van der Waals surface area contributed by atoms with Crippen LogP contribution in [0.25, 0.3) is 0 Å². The number of unbranched alkanes of at least 4 members (excludes halogenated alkanes) is 1. The molecule has 0 amide bonds. The van der Waals surface area contributed by atoms with Crippen molar-refractivity contribution < 1.29 is 4.79 Å². The van der Waals surface area contributed by atoms with E-state index in [9.17, 15) is 4.79 Å². The van der Waals surface area contributed by atoms with E-state index in [2.05, 4.69) is 11.6 Å². The molecule has 0 saturated carbocycles. The van der Waals surface area contributed by atoms with Crippen molar-refractivity contribution in [3.8, 4) is 0 Å². The van der Waals surface area contributed by atoms with Gasteiger partial charge in [-0.05, 0) is 31.9 Å². The molecule has 2 nitrogen and oxygen atoms in total.